The molecule has 1 fully saturated rings. The van der Waals surface area contributed by atoms with Crippen molar-refractivity contribution in [3.8, 4) is 11.8 Å². The fraction of sp³-hybridized carbons (Fsp3) is 0.381. The molecular formula is C21H23N5O4. The minimum absolute atomic E-state index is 0.00365. The van der Waals surface area contributed by atoms with Crippen LogP contribution in [0.15, 0.2) is 47.8 Å². The molecule has 1 N–H and O–H groups in total. The van der Waals surface area contributed by atoms with Crippen LogP contribution in [-0.4, -0.2) is 44.7 Å². The van der Waals surface area contributed by atoms with Crippen molar-refractivity contribution < 1.29 is 14.3 Å². The molecule has 4 rings (SSSR count). The number of fused-ring (bicyclic) bond motifs is 1. The molecule has 2 heterocycles. The van der Waals surface area contributed by atoms with Crippen molar-refractivity contribution in [3.05, 3.63) is 53.3 Å². The topological polar surface area (TPSA) is 108 Å². The van der Waals surface area contributed by atoms with E-state index in [0.29, 0.717) is 22.7 Å². The Hall–Kier alpha value is -3.49. The van der Waals surface area contributed by atoms with E-state index in [1.54, 1.807) is 30.6 Å². The molecule has 1 amide bonds. The van der Waals surface area contributed by atoms with E-state index in [1.807, 2.05) is 6.07 Å². The number of para-hydroxylation sites is 1. The lowest BCUT2D eigenvalue weighted by Gasteiger charge is -2.29. The number of carbonyl (C=O) groups is 1. The quantitative estimate of drug-likeness (QED) is 0.660. The van der Waals surface area contributed by atoms with Crippen molar-refractivity contribution in [1.29, 1.82) is 0 Å². The van der Waals surface area contributed by atoms with E-state index in [9.17, 15) is 9.59 Å². The zero-order chi connectivity index (χ0) is 20.9. The van der Waals surface area contributed by atoms with Gasteiger partial charge in [-0.15, -0.1) is 0 Å². The third kappa shape index (κ3) is 4.40. The van der Waals surface area contributed by atoms with E-state index in [1.165, 1.54) is 18.0 Å². The molecule has 0 spiro atoms. The molecule has 0 unspecified atom stereocenters. The predicted octanol–water partition coefficient (Wildman–Crippen LogP) is 1.70. The molecule has 1 aliphatic carbocycles. The first-order valence-corrected chi connectivity index (χ1v) is 9.89. The first-order valence-electron chi connectivity index (χ1n) is 9.89. The summed E-state index contributed by atoms with van der Waals surface area (Å²) in [6, 6.07) is 7.15. The highest BCUT2D eigenvalue weighted by molar-refractivity contribution is 5.79. The molecule has 1 aliphatic rings. The molecule has 0 aliphatic heterocycles. The Labute approximate surface area is 173 Å². The normalized spacial score (nSPS) is 18.7. The summed E-state index contributed by atoms with van der Waals surface area (Å²) in [4.78, 5) is 37.5. The van der Waals surface area contributed by atoms with Gasteiger partial charge in [0, 0.05) is 18.4 Å². The minimum atomic E-state index is -0.217. The van der Waals surface area contributed by atoms with Crippen molar-refractivity contribution >= 4 is 16.8 Å². The number of benzene rings is 1. The molecular weight excluding hydrogens is 386 g/mol. The number of carbonyl (C=O) groups excluding carboxylic acids is 1. The molecule has 0 bridgehead atoms. The van der Waals surface area contributed by atoms with Crippen molar-refractivity contribution in [2.24, 2.45) is 0 Å². The van der Waals surface area contributed by atoms with E-state index in [0.717, 1.165) is 25.7 Å². The number of methoxy groups -OCH3 is 1. The lowest BCUT2D eigenvalue weighted by Crippen LogP contribution is -2.42. The van der Waals surface area contributed by atoms with Crippen molar-refractivity contribution in [3.63, 3.8) is 0 Å². The molecule has 9 nitrogen and oxygen atoms in total. The van der Waals surface area contributed by atoms with E-state index < -0.39 is 0 Å². The van der Waals surface area contributed by atoms with Gasteiger partial charge in [-0.25, -0.2) is 15.0 Å². The molecule has 3 aromatic rings. The van der Waals surface area contributed by atoms with Gasteiger partial charge >= 0.3 is 0 Å². The maximum absolute atomic E-state index is 12.5. The minimum Gasteiger partial charge on any atom is -0.477 e. The zero-order valence-corrected chi connectivity index (χ0v) is 16.7. The maximum atomic E-state index is 12.5. The van der Waals surface area contributed by atoms with Crippen LogP contribution < -0.4 is 20.3 Å². The number of amides is 1. The van der Waals surface area contributed by atoms with Gasteiger partial charge in [0.1, 0.15) is 12.6 Å². The molecule has 1 aromatic carbocycles. The van der Waals surface area contributed by atoms with Gasteiger partial charge < -0.3 is 14.8 Å². The largest absolute Gasteiger partial charge is 0.477 e. The average molecular weight is 409 g/mol. The van der Waals surface area contributed by atoms with E-state index >= 15 is 0 Å². The lowest BCUT2D eigenvalue weighted by molar-refractivity contribution is -0.122. The molecule has 0 saturated heterocycles. The van der Waals surface area contributed by atoms with E-state index in [-0.39, 0.29) is 30.2 Å². The number of nitrogens with zero attached hydrogens (tertiary/aromatic N) is 4. The second-order valence-electron chi connectivity index (χ2n) is 7.22. The lowest BCUT2D eigenvalue weighted by atomic mass is 9.93. The SMILES string of the molecule is COc1nccnc1OC1CCC(NC(=O)Cn2cnc3ccccc3c2=O)CC1. The number of rotatable bonds is 6. The van der Waals surface area contributed by atoms with Crippen LogP contribution in [0.25, 0.3) is 10.9 Å². The number of nitrogens with one attached hydrogen (secondary N) is 1. The molecule has 2 aromatic heterocycles. The molecule has 1 saturated carbocycles. The van der Waals surface area contributed by atoms with Gasteiger partial charge in [-0.1, -0.05) is 12.1 Å². The summed E-state index contributed by atoms with van der Waals surface area (Å²) in [5.41, 5.74) is 0.406. The summed E-state index contributed by atoms with van der Waals surface area (Å²) < 4.78 is 12.4. The molecule has 0 radical (unpaired) electrons. The first-order chi connectivity index (χ1) is 14.6. The van der Waals surface area contributed by atoms with Crippen molar-refractivity contribution in [1.82, 2.24) is 24.8 Å². The van der Waals surface area contributed by atoms with Crippen molar-refractivity contribution in [2.45, 2.75) is 44.4 Å². The van der Waals surface area contributed by atoms with E-state index in [4.69, 9.17) is 9.47 Å². The number of hydrogen-bond acceptors (Lipinski definition) is 7. The Morgan fingerprint density at radius 2 is 1.83 bits per heavy atom. The highest BCUT2D eigenvalue weighted by Crippen LogP contribution is 2.27. The van der Waals surface area contributed by atoms with Crippen LogP contribution in [0.1, 0.15) is 25.7 Å². The fourth-order valence-corrected chi connectivity index (χ4v) is 3.66. The number of hydrogen-bond donors (Lipinski definition) is 1. The van der Waals surface area contributed by atoms with Crippen LogP contribution in [0.4, 0.5) is 0 Å². The Morgan fingerprint density at radius 3 is 2.60 bits per heavy atom. The van der Waals surface area contributed by atoms with Crippen LogP contribution in [-0.2, 0) is 11.3 Å². The van der Waals surface area contributed by atoms with Crippen LogP contribution in [0.5, 0.6) is 11.8 Å². The second-order valence-corrected chi connectivity index (χ2v) is 7.22. The third-order valence-corrected chi connectivity index (χ3v) is 5.19. The Balaban J connectivity index is 1.30. The van der Waals surface area contributed by atoms with Gasteiger partial charge in [0.15, 0.2) is 0 Å². The van der Waals surface area contributed by atoms with Gasteiger partial charge in [0.25, 0.3) is 17.3 Å². The summed E-state index contributed by atoms with van der Waals surface area (Å²) in [6.45, 7) is -0.0517. The average Bonchev–Trinajstić information content (AvgIpc) is 2.77. The second kappa shape index (κ2) is 8.89. The smallest absolute Gasteiger partial charge is 0.278 e. The third-order valence-electron chi connectivity index (χ3n) is 5.19. The van der Waals surface area contributed by atoms with Gasteiger partial charge in [-0.05, 0) is 37.8 Å². The summed E-state index contributed by atoms with van der Waals surface area (Å²) in [5.74, 6) is 0.548. The maximum Gasteiger partial charge on any atom is 0.278 e. The van der Waals surface area contributed by atoms with Gasteiger partial charge in [-0.2, -0.15) is 0 Å². The summed E-state index contributed by atoms with van der Waals surface area (Å²) >= 11 is 0. The Morgan fingerprint density at radius 1 is 1.10 bits per heavy atom. The Kier molecular flexibility index (Phi) is 5.87. The molecule has 30 heavy (non-hydrogen) atoms. The van der Waals surface area contributed by atoms with Gasteiger partial charge in [0.2, 0.25) is 5.91 Å². The fourth-order valence-electron chi connectivity index (χ4n) is 3.66. The summed E-state index contributed by atoms with van der Waals surface area (Å²) in [6.07, 6.45) is 7.65. The van der Waals surface area contributed by atoms with Crippen LogP contribution in [0.2, 0.25) is 0 Å². The van der Waals surface area contributed by atoms with Crippen LogP contribution in [0.3, 0.4) is 0 Å². The van der Waals surface area contributed by atoms with Gasteiger partial charge in [0.05, 0.1) is 24.3 Å². The first kappa shape index (κ1) is 19.8. The van der Waals surface area contributed by atoms with Crippen molar-refractivity contribution in [2.75, 3.05) is 7.11 Å². The molecule has 156 valence electrons. The van der Waals surface area contributed by atoms with Crippen LogP contribution >= 0.6 is 0 Å². The predicted molar refractivity (Wildman–Crippen MR) is 109 cm³/mol. The van der Waals surface area contributed by atoms with Crippen LogP contribution in [0, 0.1) is 0 Å². The molecule has 9 heteroatoms. The number of aromatic nitrogens is 4. The van der Waals surface area contributed by atoms with Gasteiger partial charge in [-0.3, -0.25) is 14.2 Å². The molecule has 0 atom stereocenters. The highest BCUT2D eigenvalue weighted by Gasteiger charge is 2.25. The summed E-state index contributed by atoms with van der Waals surface area (Å²) in [5, 5.41) is 3.52. The zero-order valence-electron chi connectivity index (χ0n) is 16.7. The monoisotopic (exact) mass is 409 g/mol. The Bertz CT molecular complexity index is 1090. The highest BCUT2D eigenvalue weighted by atomic mass is 16.5. The number of ether oxygens (including phenoxy) is 2. The summed E-state index contributed by atoms with van der Waals surface area (Å²) in [7, 11) is 1.53. The standard InChI is InChI=1S/C21H23N5O4/c1-29-19-20(23-11-10-22-19)30-15-8-6-14(7-9-15)25-18(27)12-26-13-24-17-5-3-2-4-16(17)21(26)28/h2-5,10-11,13-15H,6-9,12H2,1H3,(H,25,27). The van der Waals surface area contributed by atoms with E-state index in [2.05, 4.69) is 20.3 Å².